The lowest BCUT2D eigenvalue weighted by molar-refractivity contribution is -0.133. The van der Waals surface area contributed by atoms with Crippen LogP contribution < -0.4 is 5.32 Å². The van der Waals surface area contributed by atoms with Crippen molar-refractivity contribution >= 4 is 11.8 Å². The number of piperazine rings is 1. The van der Waals surface area contributed by atoms with Gasteiger partial charge in [-0.1, -0.05) is 0 Å². The van der Waals surface area contributed by atoms with Crippen molar-refractivity contribution in [3.05, 3.63) is 11.6 Å². The van der Waals surface area contributed by atoms with Gasteiger partial charge in [-0.25, -0.2) is 4.98 Å². The number of rotatable bonds is 5. The van der Waals surface area contributed by atoms with Gasteiger partial charge in [-0.15, -0.1) is 0 Å². The Morgan fingerprint density at radius 3 is 2.57 bits per heavy atom. The van der Waals surface area contributed by atoms with Crippen molar-refractivity contribution in [1.29, 1.82) is 0 Å². The second-order valence-electron chi connectivity index (χ2n) is 6.39. The minimum Gasteiger partial charge on any atom is -0.352 e. The molecule has 0 bridgehead atoms. The lowest BCUT2D eigenvalue weighted by atomic mass is 10.2. The molecule has 8 heteroatoms. The van der Waals surface area contributed by atoms with E-state index in [1.807, 2.05) is 18.7 Å². The molecule has 0 radical (unpaired) electrons. The Balaban J connectivity index is 1.45. The molecule has 8 nitrogen and oxygen atoms in total. The maximum absolute atomic E-state index is 12.3. The molecule has 1 aromatic rings. The van der Waals surface area contributed by atoms with Gasteiger partial charge in [-0.3, -0.25) is 19.6 Å². The van der Waals surface area contributed by atoms with Gasteiger partial charge in [0.2, 0.25) is 11.8 Å². The Morgan fingerprint density at radius 1 is 1.30 bits per heavy atom. The van der Waals surface area contributed by atoms with Crippen molar-refractivity contribution in [1.82, 2.24) is 30.3 Å². The molecule has 1 aliphatic heterocycles. The van der Waals surface area contributed by atoms with Gasteiger partial charge in [-0.2, -0.15) is 5.10 Å². The first-order valence-electron chi connectivity index (χ1n) is 8.23. The predicted molar refractivity (Wildman–Crippen MR) is 83.6 cm³/mol. The third-order valence-electron chi connectivity index (χ3n) is 4.47. The lowest BCUT2D eigenvalue weighted by Gasteiger charge is -2.37. The molecule has 23 heavy (non-hydrogen) atoms. The van der Waals surface area contributed by atoms with Gasteiger partial charge in [0, 0.05) is 32.2 Å². The van der Waals surface area contributed by atoms with Crippen molar-refractivity contribution in [2.45, 2.75) is 45.2 Å². The van der Waals surface area contributed by atoms with Crippen LogP contribution in [0.3, 0.4) is 0 Å². The van der Waals surface area contributed by atoms with E-state index in [0.717, 1.165) is 25.9 Å². The molecule has 2 aliphatic rings. The number of aromatic amines is 1. The van der Waals surface area contributed by atoms with Gasteiger partial charge in [0.15, 0.2) is 5.82 Å². The fraction of sp³-hybridized carbons (Fsp3) is 0.733. The fourth-order valence-corrected chi connectivity index (χ4v) is 2.79. The monoisotopic (exact) mass is 320 g/mol. The predicted octanol–water partition coefficient (Wildman–Crippen LogP) is -0.533. The molecule has 1 atom stereocenters. The zero-order valence-corrected chi connectivity index (χ0v) is 13.7. The van der Waals surface area contributed by atoms with E-state index in [0.29, 0.717) is 30.8 Å². The number of hydrogen-bond donors (Lipinski definition) is 2. The van der Waals surface area contributed by atoms with Crippen molar-refractivity contribution < 1.29 is 9.59 Å². The highest BCUT2D eigenvalue weighted by atomic mass is 16.2. The summed E-state index contributed by atoms with van der Waals surface area (Å²) in [6.45, 7) is 6.47. The summed E-state index contributed by atoms with van der Waals surface area (Å²) in [6, 6.07) is 0.251. The Hall–Kier alpha value is -1.96. The summed E-state index contributed by atoms with van der Waals surface area (Å²) < 4.78 is 0. The zero-order chi connectivity index (χ0) is 16.4. The molecule has 3 rings (SSSR count). The van der Waals surface area contributed by atoms with Crippen LogP contribution >= 0.6 is 0 Å². The summed E-state index contributed by atoms with van der Waals surface area (Å²) in [4.78, 5) is 32.5. The second kappa shape index (κ2) is 6.66. The van der Waals surface area contributed by atoms with Crippen LogP contribution in [0.1, 0.15) is 31.4 Å². The molecule has 2 N–H and O–H groups in total. The third-order valence-corrected chi connectivity index (χ3v) is 4.47. The largest absolute Gasteiger partial charge is 0.352 e. The second-order valence-corrected chi connectivity index (χ2v) is 6.39. The molecule has 126 valence electrons. The standard InChI is InChI=1S/C15H24N6O2/c1-10(15(23)17-12-3-4-12)20-5-7-21(8-6-20)14(22)9-13-16-11(2)18-19-13/h10,12H,3-9H2,1-2H3,(H,17,23)(H,16,18,19). The van der Waals surface area contributed by atoms with Gasteiger partial charge < -0.3 is 10.2 Å². The van der Waals surface area contributed by atoms with E-state index in [-0.39, 0.29) is 24.3 Å². The number of carbonyl (C=O) groups is 2. The number of amides is 2. The molecule has 1 aromatic heterocycles. The maximum Gasteiger partial charge on any atom is 0.237 e. The van der Waals surface area contributed by atoms with E-state index >= 15 is 0 Å². The minimum atomic E-state index is -0.136. The fourth-order valence-electron chi connectivity index (χ4n) is 2.79. The van der Waals surface area contributed by atoms with E-state index in [1.54, 1.807) is 0 Å². The van der Waals surface area contributed by atoms with Crippen LogP contribution in [0.2, 0.25) is 0 Å². The third kappa shape index (κ3) is 4.07. The van der Waals surface area contributed by atoms with E-state index in [4.69, 9.17) is 0 Å². The number of nitrogens with one attached hydrogen (secondary N) is 2. The van der Waals surface area contributed by atoms with Crippen LogP contribution in [0.4, 0.5) is 0 Å². The molecule has 2 fully saturated rings. The van der Waals surface area contributed by atoms with Gasteiger partial charge in [0.25, 0.3) is 0 Å². The molecular weight excluding hydrogens is 296 g/mol. The summed E-state index contributed by atoms with van der Waals surface area (Å²) in [5, 5.41) is 9.79. The minimum absolute atomic E-state index is 0.0405. The van der Waals surface area contributed by atoms with Crippen LogP contribution in [0.15, 0.2) is 0 Å². The molecular formula is C15H24N6O2. The van der Waals surface area contributed by atoms with E-state index < -0.39 is 0 Å². The molecule has 1 unspecified atom stereocenters. The van der Waals surface area contributed by atoms with Gasteiger partial charge >= 0.3 is 0 Å². The number of aromatic nitrogens is 3. The first kappa shape index (κ1) is 15.9. The number of aryl methyl sites for hydroxylation is 1. The summed E-state index contributed by atoms with van der Waals surface area (Å²) in [5.74, 6) is 1.39. The van der Waals surface area contributed by atoms with Crippen molar-refractivity contribution in [2.75, 3.05) is 26.2 Å². The summed E-state index contributed by atoms with van der Waals surface area (Å²) >= 11 is 0. The molecule has 0 spiro atoms. The highest BCUT2D eigenvalue weighted by Gasteiger charge is 2.30. The number of H-pyrrole nitrogens is 1. The van der Waals surface area contributed by atoms with E-state index in [1.165, 1.54) is 0 Å². The molecule has 1 saturated carbocycles. The number of hydrogen-bond acceptors (Lipinski definition) is 5. The Kier molecular flexibility index (Phi) is 4.61. The van der Waals surface area contributed by atoms with E-state index in [9.17, 15) is 9.59 Å². The Bertz CT molecular complexity index is 574. The van der Waals surface area contributed by atoms with Crippen molar-refractivity contribution in [3.8, 4) is 0 Å². The van der Waals surface area contributed by atoms with Crippen LogP contribution in [0.25, 0.3) is 0 Å². The Morgan fingerprint density at radius 2 is 2.00 bits per heavy atom. The highest BCUT2D eigenvalue weighted by molar-refractivity contribution is 5.82. The van der Waals surface area contributed by atoms with Crippen LogP contribution in [-0.2, 0) is 16.0 Å². The molecule has 1 aliphatic carbocycles. The van der Waals surface area contributed by atoms with Crippen LogP contribution in [-0.4, -0.2) is 75.1 Å². The van der Waals surface area contributed by atoms with Crippen molar-refractivity contribution in [3.63, 3.8) is 0 Å². The topological polar surface area (TPSA) is 94.2 Å². The normalized spacial score (nSPS) is 20.3. The molecule has 0 aromatic carbocycles. The maximum atomic E-state index is 12.3. The molecule has 2 amide bonds. The average Bonchev–Trinajstić information content (AvgIpc) is 3.27. The average molecular weight is 320 g/mol. The SMILES string of the molecule is Cc1nc(CC(=O)N2CCN(C(C)C(=O)NC3CC3)CC2)n[nH]1. The molecule has 2 heterocycles. The van der Waals surface area contributed by atoms with Gasteiger partial charge in [0.1, 0.15) is 5.82 Å². The first-order chi connectivity index (χ1) is 11.0. The van der Waals surface area contributed by atoms with Gasteiger partial charge in [0.05, 0.1) is 12.5 Å². The van der Waals surface area contributed by atoms with Crippen molar-refractivity contribution in [2.24, 2.45) is 0 Å². The lowest BCUT2D eigenvalue weighted by Crippen LogP contribution is -2.55. The van der Waals surface area contributed by atoms with Crippen LogP contribution in [0.5, 0.6) is 0 Å². The molecule has 1 saturated heterocycles. The van der Waals surface area contributed by atoms with Crippen LogP contribution in [0, 0.1) is 6.92 Å². The number of nitrogens with zero attached hydrogens (tertiary/aromatic N) is 4. The summed E-state index contributed by atoms with van der Waals surface area (Å²) in [6.07, 6.45) is 2.42. The Labute approximate surface area is 135 Å². The smallest absolute Gasteiger partial charge is 0.237 e. The summed E-state index contributed by atoms with van der Waals surface area (Å²) in [5.41, 5.74) is 0. The highest BCUT2D eigenvalue weighted by Crippen LogP contribution is 2.19. The van der Waals surface area contributed by atoms with Gasteiger partial charge in [-0.05, 0) is 26.7 Å². The number of carbonyl (C=O) groups excluding carboxylic acids is 2. The zero-order valence-electron chi connectivity index (χ0n) is 13.7. The summed E-state index contributed by atoms with van der Waals surface area (Å²) in [7, 11) is 0. The van der Waals surface area contributed by atoms with E-state index in [2.05, 4.69) is 25.4 Å². The quantitative estimate of drug-likeness (QED) is 0.760. The first-order valence-corrected chi connectivity index (χ1v) is 8.23.